The summed E-state index contributed by atoms with van der Waals surface area (Å²) < 4.78 is 5.31. The first-order chi connectivity index (χ1) is 9.26. The molecule has 0 amide bonds. The molecule has 0 radical (unpaired) electrons. The quantitative estimate of drug-likeness (QED) is 0.851. The fourth-order valence-electron chi connectivity index (χ4n) is 3.20. The third kappa shape index (κ3) is 3.47. The van der Waals surface area contributed by atoms with Gasteiger partial charge in [0, 0.05) is 12.2 Å². The fourth-order valence-corrected chi connectivity index (χ4v) is 3.20. The summed E-state index contributed by atoms with van der Waals surface area (Å²) in [6.07, 6.45) is 8.95. The number of pyridine rings is 1. The predicted octanol–water partition coefficient (Wildman–Crippen LogP) is 3.57. The molecule has 1 fully saturated rings. The summed E-state index contributed by atoms with van der Waals surface area (Å²) in [6.45, 7) is 5.66. The van der Waals surface area contributed by atoms with Crippen LogP contribution < -0.4 is 10.1 Å². The van der Waals surface area contributed by atoms with E-state index in [4.69, 9.17) is 4.74 Å². The molecule has 3 nitrogen and oxygen atoms in total. The second-order valence-electron chi connectivity index (χ2n) is 5.66. The second kappa shape index (κ2) is 6.90. The van der Waals surface area contributed by atoms with Crippen molar-refractivity contribution in [1.29, 1.82) is 0 Å². The van der Waals surface area contributed by atoms with Crippen molar-refractivity contribution in [2.75, 3.05) is 13.7 Å². The van der Waals surface area contributed by atoms with Gasteiger partial charge in [-0.2, -0.15) is 0 Å². The van der Waals surface area contributed by atoms with Gasteiger partial charge in [0.15, 0.2) is 0 Å². The molecule has 0 aromatic carbocycles. The van der Waals surface area contributed by atoms with Crippen LogP contribution in [0.1, 0.15) is 51.1 Å². The van der Waals surface area contributed by atoms with Gasteiger partial charge >= 0.3 is 0 Å². The number of hydrogen-bond acceptors (Lipinski definition) is 3. The van der Waals surface area contributed by atoms with Crippen LogP contribution >= 0.6 is 0 Å². The predicted molar refractivity (Wildman–Crippen MR) is 78.3 cm³/mol. The summed E-state index contributed by atoms with van der Waals surface area (Å²) in [4.78, 5) is 4.32. The van der Waals surface area contributed by atoms with Gasteiger partial charge in [-0.05, 0) is 42.9 Å². The lowest BCUT2D eigenvalue weighted by atomic mass is 9.86. The van der Waals surface area contributed by atoms with Gasteiger partial charge in [-0.15, -0.1) is 0 Å². The zero-order chi connectivity index (χ0) is 13.7. The van der Waals surface area contributed by atoms with Crippen LogP contribution in [0.3, 0.4) is 0 Å². The summed E-state index contributed by atoms with van der Waals surface area (Å²) >= 11 is 0. The van der Waals surface area contributed by atoms with Gasteiger partial charge in [0.05, 0.1) is 13.3 Å². The number of nitrogens with zero attached hydrogens (tertiary/aromatic N) is 1. The average Bonchev–Trinajstić information content (AvgIpc) is 2.86. The highest BCUT2D eigenvalue weighted by Gasteiger charge is 2.31. The summed E-state index contributed by atoms with van der Waals surface area (Å²) in [5.41, 5.74) is 1.27. The van der Waals surface area contributed by atoms with E-state index in [1.54, 1.807) is 13.3 Å². The minimum absolute atomic E-state index is 0.417. The molecule has 3 heteroatoms. The van der Waals surface area contributed by atoms with Gasteiger partial charge in [-0.25, -0.2) is 0 Å². The molecule has 1 aliphatic rings. The third-order valence-electron chi connectivity index (χ3n) is 4.30. The van der Waals surface area contributed by atoms with E-state index in [0.29, 0.717) is 6.04 Å². The molecule has 1 N–H and O–H groups in total. The lowest BCUT2D eigenvalue weighted by Gasteiger charge is -2.28. The Hall–Kier alpha value is -1.09. The van der Waals surface area contributed by atoms with Crippen LogP contribution in [0, 0.1) is 11.8 Å². The Labute approximate surface area is 116 Å². The van der Waals surface area contributed by atoms with E-state index < -0.39 is 0 Å². The molecule has 19 heavy (non-hydrogen) atoms. The molecule has 1 heterocycles. The molecule has 1 aromatic heterocycles. The number of hydrogen-bond donors (Lipinski definition) is 1. The van der Waals surface area contributed by atoms with E-state index in [-0.39, 0.29) is 0 Å². The van der Waals surface area contributed by atoms with Crippen LogP contribution in [-0.2, 0) is 0 Å². The maximum atomic E-state index is 5.31. The van der Waals surface area contributed by atoms with Crippen LogP contribution in [0.15, 0.2) is 18.5 Å². The average molecular weight is 262 g/mol. The Morgan fingerprint density at radius 3 is 2.89 bits per heavy atom. The molecule has 1 saturated carbocycles. The van der Waals surface area contributed by atoms with Crippen molar-refractivity contribution in [2.45, 2.75) is 45.6 Å². The van der Waals surface area contributed by atoms with Crippen molar-refractivity contribution in [3.63, 3.8) is 0 Å². The number of nitrogens with one attached hydrogen (secondary N) is 1. The van der Waals surface area contributed by atoms with Gasteiger partial charge in [0.2, 0.25) is 0 Å². The standard InChI is InChI=1S/C16H26N2O/c1-4-8-18-16(15-7-5-6-12(15)2)13-9-14(19-3)11-17-10-13/h9-12,15-16,18H,4-8H2,1-3H3. The summed E-state index contributed by atoms with van der Waals surface area (Å²) in [6, 6.07) is 2.55. The summed E-state index contributed by atoms with van der Waals surface area (Å²) in [7, 11) is 1.70. The Morgan fingerprint density at radius 1 is 1.42 bits per heavy atom. The molecule has 3 atom stereocenters. The molecule has 0 saturated heterocycles. The van der Waals surface area contributed by atoms with E-state index in [2.05, 4.69) is 30.2 Å². The van der Waals surface area contributed by atoms with Crippen molar-refractivity contribution < 1.29 is 4.74 Å². The largest absolute Gasteiger partial charge is 0.495 e. The highest BCUT2D eigenvalue weighted by Crippen LogP contribution is 2.40. The van der Waals surface area contributed by atoms with Crippen LogP contribution in [0.25, 0.3) is 0 Å². The van der Waals surface area contributed by atoms with E-state index >= 15 is 0 Å². The van der Waals surface area contributed by atoms with E-state index in [1.807, 2.05) is 6.20 Å². The molecular weight excluding hydrogens is 236 g/mol. The fraction of sp³-hybridized carbons (Fsp3) is 0.688. The van der Waals surface area contributed by atoms with Gasteiger partial charge in [-0.1, -0.05) is 26.7 Å². The Morgan fingerprint density at radius 2 is 2.26 bits per heavy atom. The minimum Gasteiger partial charge on any atom is -0.495 e. The lowest BCUT2D eigenvalue weighted by molar-refractivity contribution is 0.300. The van der Waals surface area contributed by atoms with Crippen LogP contribution in [-0.4, -0.2) is 18.6 Å². The maximum Gasteiger partial charge on any atom is 0.137 e. The monoisotopic (exact) mass is 262 g/mol. The summed E-state index contributed by atoms with van der Waals surface area (Å²) in [5.74, 6) is 2.37. The van der Waals surface area contributed by atoms with Crippen LogP contribution in [0.5, 0.6) is 5.75 Å². The first kappa shape index (κ1) is 14.3. The highest BCUT2D eigenvalue weighted by atomic mass is 16.5. The van der Waals surface area contributed by atoms with Crippen LogP contribution in [0.4, 0.5) is 0 Å². The zero-order valence-corrected chi connectivity index (χ0v) is 12.4. The smallest absolute Gasteiger partial charge is 0.137 e. The van der Waals surface area contributed by atoms with E-state index in [0.717, 1.165) is 30.6 Å². The number of aromatic nitrogens is 1. The zero-order valence-electron chi connectivity index (χ0n) is 12.4. The first-order valence-electron chi connectivity index (χ1n) is 7.48. The minimum atomic E-state index is 0.417. The third-order valence-corrected chi connectivity index (χ3v) is 4.30. The molecule has 106 valence electrons. The Kier molecular flexibility index (Phi) is 5.20. The van der Waals surface area contributed by atoms with Gasteiger partial charge in [-0.3, -0.25) is 4.98 Å². The van der Waals surface area contributed by atoms with Crippen molar-refractivity contribution in [3.8, 4) is 5.75 Å². The lowest BCUT2D eigenvalue weighted by Crippen LogP contribution is -2.30. The van der Waals surface area contributed by atoms with Crippen LogP contribution in [0.2, 0.25) is 0 Å². The first-order valence-corrected chi connectivity index (χ1v) is 7.48. The second-order valence-corrected chi connectivity index (χ2v) is 5.66. The van der Waals surface area contributed by atoms with Gasteiger partial charge in [0.25, 0.3) is 0 Å². The molecule has 1 aromatic rings. The molecule has 2 rings (SSSR count). The van der Waals surface area contributed by atoms with Crippen molar-refractivity contribution in [1.82, 2.24) is 10.3 Å². The van der Waals surface area contributed by atoms with Gasteiger partial charge < -0.3 is 10.1 Å². The SMILES string of the molecule is CCCNC(c1cncc(OC)c1)C1CCCC1C. The summed E-state index contributed by atoms with van der Waals surface area (Å²) in [5, 5.41) is 3.71. The van der Waals surface area contributed by atoms with Crippen molar-refractivity contribution in [3.05, 3.63) is 24.0 Å². The normalized spacial score (nSPS) is 24.4. The Bertz CT molecular complexity index is 394. The number of rotatable bonds is 6. The topological polar surface area (TPSA) is 34.2 Å². The van der Waals surface area contributed by atoms with E-state index in [9.17, 15) is 0 Å². The van der Waals surface area contributed by atoms with Gasteiger partial charge in [0.1, 0.15) is 5.75 Å². The van der Waals surface area contributed by atoms with Crippen molar-refractivity contribution in [2.24, 2.45) is 11.8 Å². The Balaban J connectivity index is 2.20. The van der Waals surface area contributed by atoms with Crippen molar-refractivity contribution >= 4 is 0 Å². The molecule has 1 aliphatic carbocycles. The molecular formula is C16H26N2O. The number of methoxy groups -OCH3 is 1. The van der Waals surface area contributed by atoms with E-state index in [1.165, 1.54) is 24.8 Å². The molecule has 3 unspecified atom stereocenters. The highest BCUT2D eigenvalue weighted by molar-refractivity contribution is 5.26. The molecule has 0 aliphatic heterocycles. The molecule has 0 bridgehead atoms. The maximum absolute atomic E-state index is 5.31. The number of ether oxygens (including phenoxy) is 1. The molecule has 0 spiro atoms.